The predicted octanol–water partition coefficient (Wildman–Crippen LogP) is 3.16. The Bertz CT molecular complexity index is 856. The molecule has 0 fully saturated rings. The minimum atomic E-state index is -4.76. The normalized spacial score (nSPS) is 12.0. The molecule has 24 heavy (non-hydrogen) atoms. The Balaban J connectivity index is 1.84. The average molecular weight is 337 g/mol. The summed E-state index contributed by atoms with van der Waals surface area (Å²) < 4.78 is 47.3. The van der Waals surface area contributed by atoms with E-state index in [9.17, 15) is 13.2 Å². The van der Waals surface area contributed by atoms with E-state index in [-0.39, 0.29) is 17.5 Å². The predicted molar refractivity (Wildman–Crippen MR) is 76.4 cm³/mol. The Morgan fingerprint density at radius 2 is 2.08 bits per heavy atom. The van der Waals surface area contributed by atoms with E-state index in [0.717, 1.165) is 0 Å². The van der Waals surface area contributed by atoms with Gasteiger partial charge >= 0.3 is 6.36 Å². The number of nitrogens with zero attached hydrogens (tertiary/aromatic N) is 5. The fourth-order valence-electron chi connectivity index (χ4n) is 1.94. The van der Waals surface area contributed by atoms with Gasteiger partial charge in [-0.05, 0) is 30.7 Å². The fraction of sp³-hybridized carbons (Fsp3) is 0.143. The Kier molecular flexibility index (Phi) is 4.02. The highest BCUT2D eigenvalue weighted by molar-refractivity contribution is 5.60. The molecule has 0 aliphatic carbocycles. The van der Waals surface area contributed by atoms with E-state index in [0.29, 0.717) is 11.1 Å². The van der Waals surface area contributed by atoms with Crippen molar-refractivity contribution in [2.75, 3.05) is 0 Å². The maximum atomic E-state index is 12.4. The topological polar surface area (TPSA) is 78.9 Å². The van der Waals surface area contributed by atoms with Crippen molar-refractivity contribution in [3.8, 4) is 17.1 Å². The first-order chi connectivity index (χ1) is 11.4. The number of hydrogen-bond acceptors (Lipinski definition) is 6. The van der Waals surface area contributed by atoms with E-state index in [1.54, 1.807) is 13.0 Å². The van der Waals surface area contributed by atoms with Crippen molar-refractivity contribution in [2.24, 2.45) is 0 Å². The van der Waals surface area contributed by atoms with Crippen LogP contribution in [0.2, 0.25) is 0 Å². The summed E-state index contributed by atoms with van der Waals surface area (Å²) in [6, 6.07) is 4.16. The summed E-state index contributed by atoms with van der Waals surface area (Å²) in [6.45, 7) is 1.65. The van der Waals surface area contributed by atoms with Gasteiger partial charge in [-0.15, -0.1) is 28.5 Å². The van der Waals surface area contributed by atoms with Crippen LogP contribution in [0.15, 0.2) is 35.3 Å². The number of aromatic nitrogens is 5. The third-order valence-corrected chi connectivity index (χ3v) is 2.80. The molecule has 1 aromatic carbocycles. The molecule has 0 unspecified atom stereocenters. The number of alkyl halides is 3. The first kappa shape index (κ1) is 15.7. The number of hydrogen-bond donors (Lipinski definition) is 0. The molecule has 0 saturated carbocycles. The second-order valence-corrected chi connectivity index (χ2v) is 4.72. The summed E-state index contributed by atoms with van der Waals surface area (Å²) in [7, 11) is 0. The maximum absolute atomic E-state index is 12.4. The van der Waals surface area contributed by atoms with Crippen LogP contribution in [0.25, 0.3) is 23.7 Å². The Morgan fingerprint density at radius 3 is 2.79 bits per heavy atom. The van der Waals surface area contributed by atoms with Crippen LogP contribution in [0.3, 0.4) is 0 Å². The highest BCUT2D eigenvalue weighted by atomic mass is 19.4. The molecule has 3 aromatic rings. The van der Waals surface area contributed by atoms with E-state index in [2.05, 4.69) is 25.0 Å². The van der Waals surface area contributed by atoms with E-state index >= 15 is 0 Å². The molecule has 2 heterocycles. The molecular weight excluding hydrogens is 327 g/mol. The van der Waals surface area contributed by atoms with Crippen LogP contribution in [0, 0.1) is 6.92 Å². The quantitative estimate of drug-likeness (QED) is 0.728. The zero-order valence-corrected chi connectivity index (χ0v) is 12.2. The van der Waals surface area contributed by atoms with Crippen LogP contribution < -0.4 is 4.74 Å². The fourth-order valence-corrected chi connectivity index (χ4v) is 1.94. The number of ether oxygens (including phenoxy) is 1. The van der Waals surface area contributed by atoms with E-state index in [1.165, 1.54) is 41.8 Å². The summed E-state index contributed by atoms with van der Waals surface area (Å²) >= 11 is 0. The monoisotopic (exact) mass is 337 g/mol. The molecule has 0 amide bonds. The van der Waals surface area contributed by atoms with Gasteiger partial charge in [0.2, 0.25) is 12.3 Å². The second kappa shape index (κ2) is 6.14. The zero-order valence-electron chi connectivity index (χ0n) is 12.2. The lowest BCUT2D eigenvalue weighted by Gasteiger charge is -2.10. The Labute approximate surface area is 133 Å². The van der Waals surface area contributed by atoms with Crippen molar-refractivity contribution in [3.63, 3.8) is 0 Å². The van der Waals surface area contributed by atoms with Gasteiger partial charge in [0.1, 0.15) is 12.1 Å². The third-order valence-electron chi connectivity index (χ3n) is 2.80. The van der Waals surface area contributed by atoms with Crippen LogP contribution in [-0.2, 0) is 0 Å². The van der Waals surface area contributed by atoms with Crippen molar-refractivity contribution in [2.45, 2.75) is 13.3 Å². The molecule has 0 aliphatic heterocycles. The molecular formula is C14H10F3N5O2. The van der Waals surface area contributed by atoms with E-state index < -0.39 is 6.36 Å². The SMILES string of the molecule is Cc1cc(OC(F)(F)F)cc(-c2ncn(/C=C\c3nnco3)n2)c1. The molecule has 124 valence electrons. The lowest BCUT2D eigenvalue weighted by molar-refractivity contribution is -0.274. The number of benzene rings is 1. The van der Waals surface area contributed by atoms with Gasteiger partial charge in [0.25, 0.3) is 0 Å². The lowest BCUT2D eigenvalue weighted by atomic mass is 10.1. The highest BCUT2D eigenvalue weighted by Gasteiger charge is 2.31. The van der Waals surface area contributed by atoms with Crippen molar-refractivity contribution in [1.82, 2.24) is 25.0 Å². The Hall–Kier alpha value is -3.17. The van der Waals surface area contributed by atoms with E-state index in [4.69, 9.17) is 4.42 Å². The smallest absolute Gasteiger partial charge is 0.424 e. The van der Waals surface area contributed by atoms with Gasteiger partial charge in [0, 0.05) is 17.8 Å². The van der Waals surface area contributed by atoms with Gasteiger partial charge in [-0.3, -0.25) is 0 Å². The summed E-state index contributed by atoms with van der Waals surface area (Å²) in [6.07, 6.45) is 0.855. The number of aryl methyl sites for hydroxylation is 1. The van der Waals surface area contributed by atoms with Gasteiger partial charge in [-0.25, -0.2) is 9.67 Å². The third kappa shape index (κ3) is 3.97. The van der Waals surface area contributed by atoms with Gasteiger partial charge < -0.3 is 9.15 Å². The second-order valence-electron chi connectivity index (χ2n) is 4.72. The van der Waals surface area contributed by atoms with Crippen LogP contribution in [0.1, 0.15) is 11.5 Å². The number of rotatable bonds is 4. The summed E-state index contributed by atoms with van der Waals surface area (Å²) in [5.74, 6) is 0.208. The largest absolute Gasteiger partial charge is 0.573 e. The molecule has 0 atom stereocenters. The van der Waals surface area contributed by atoms with Crippen molar-refractivity contribution in [3.05, 3.63) is 42.4 Å². The zero-order chi connectivity index (χ0) is 17.2. The molecule has 0 N–H and O–H groups in total. The standard InChI is InChI=1S/C14H10F3N5O2/c1-9-4-10(6-11(5-9)24-14(15,16)17)13-18-7-22(21-13)3-2-12-20-19-8-23-12/h2-8H,1H3/b3-2-. The molecule has 0 bridgehead atoms. The Morgan fingerprint density at radius 1 is 1.25 bits per heavy atom. The average Bonchev–Trinajstić information content (AvgIpc) is 3.14. The van der Waals surface area contributed by atoms with Gasteiger partial charge in [-0.2, -0.15) is 0 Å². The first-order valence-electron chi connectivity index (χ1n) is 6.62. The van der Waals surface area contributed by atoms with Crippen LogP contribution >= 0.6 is 0 Å². The van der Waals surface area contributed by atoms with Crippen molar-refractivity contribution < 1.29 is 22.3 Å². The number of halogens is 3. The molecule has 3 rings (SSSR count). The van der Waals surface area contributed by atoms with Crippen LogP contribution in [0.4, 0.5) is 13.2 Å². The summed E-state index contributed by atoms with van der Waals surface area (Å²) in [5, 5.41) is 11.3. The van der Waals surface area contributed by atoms with Crippen LogP contribution in [0.5, 0.6) is 5.75 Å². The van der Waals surface area contributed by atoms with Gasteiger partial charge in [0.15, 0.2) is 5.82 Å². The summed E-state index contributed by atoms with van der Waals surface area (Å²) in [4.78, 5) is 4.06. The molecule has 0 spiro atoms. The molecule has 10 heteroatoms. The van der Waals surface area contributed by atoms with Gasteiger partial charge in [0.05, 0.1) is 0 Å². The van der Waals surface area contributed by atoms with Crippen molar-refractivity contribution in [1.29, 1.82) is 0 Å². The highest BCUT2D eigenvalue weighted by Crippen LogP contribution is 2.28. The maximum Gasteiger partial charge on any atom is 0.573 e. The molecule has 7 nitrogen and oxygen atoms in total. The lowest BCUT2D eigenvalue weighted by Crippen LogP contribution is -2.17. The molecule has 2 aromatic heterocycles. The molecule has 0 saturated heterocycles. The molecule has 0 radical (unpaired) electrons. The molecule has 0 aliphatic rings. The van der Waals surface area contributed by atoms with E-state index in [1.807, 2.05) is 0 Å². The van der Waals surface area contributed by atoms with Gasteiger partial charge in [-0.1, -0.05) is 0 Å². The minimum absolute atomic E-state index is 0.251. The first-order valence-corrected chi connectivity index (χ1v) is 6.62. The van der Waals surface area contributed by atoms with Crippen molar-refractivity contribution >= 4 is 12.3 Å². The van der Waals surface area contributed by atoms with Crippen LogP contribution in [-0.4, -0.2) is 31.3 Å². The summed E-state index contributed by atoms with van der Waals surface area (Å²) in [5.41, 5.74) is 0.990. The minimum Gasteiger partial charge on any atom is -0.424 e.